The number of fused-ring (bicyclic) bond motifs is 3. The van der Waals surface area contributed by atoms with Crippen LogP contribution in [0.15, 0.2) is 54.6 Å². The van der Waals surface area contributed by atoms with Crippen molar-refractivity contribution >= 4 is 17.0 Å². The van der Waals surface area contributed by atoms with E-state index in [0.717, 1.165) is 50.9 Å². The summed E-state index contributed by atoms with van der Waals surface area (Å²) in [7, 11) is 1.76. The van der Waals surface area contributed by atoms with Crippen molar-refractivity contribution in [2.24, 2.45) is 0 Å². The van der Waals surface area contributed by atoms with E-state index < -0.39 is 0 Å². The zero-order chi connectivity index (χ0) is 17.1. The van der Waals surface area contributed by atoms with E-state index in [0.29, 0.717) is 0 Å². The lowest BCUT2D eigenvalue weighted by atomic mass is 10.2. The Labute approximate surface area is 148 Å². The molecule has 0 amide bonds. The number of imidazole rings is 1. The van der Waals surface area contributed by atoms with E-state index in [1.807, 2.05) is 0 Å². The van der Waals surface area contributed by atoms with Gasteiger partial charge in [-0.15, -0.1) is 0 Å². The van der Waals surface area contributed by atoms with Gasteiger partial charge in [-0.1, -0.05) is 42.5 Å². The fraction of sp³-hybridized carbons (Fsp3) is 0.350. The molecule has 0 aliphatic carbocycles. The van der Waals surface area contributed by atoms with E-state index in [9.17, 15) is 0 Å². The number of anilines is 1. The van der Waals surface area contributed by atoms with Crippen LogP contribution in [0.4, 0.5) is 5.95 Å². The predicted molar refractivity (Wildman–Crippen MR) is 100 cm³/mol. The third-order valence-electron chi connectivity index (χ3n) is 4.67. The van der Waals surface area contributed by atoms with Crippen molar-refractivity contribution in [1.29, 1.82) is 0 Å². The molecular formula is C20H24N4O. The highest BCUT2D eigenvalue weighted by atomic mass is 16.5. The van der Waals surface area contributed by atoms with Gasteiger partial charge in [0, 0.05) is 26.8 Å². The molecule has 0 saturated heterocycles. The second-order valence-electron chi connectivity index (χ2n) is 6.54. The van der Waals surface area contributed by atoms with E-state index in [4.69, 9.17) is 9.72 Å². The summed E-state index contributed by atoms with van der Waals surface area (Å²) in [5.74, 6) is 1.06. The Hall–Kier alpha value is -2.37. The Balaban J connectivity index is 1.65. The third kappa shape index (κ3) is 3.38. The van der Waals surface area contributed by atoms with Crippen LogP contribution in [0, 0.1) is 0 Å². The summed E-state index contributed by atoms with van der Waals surface area (Å²) in [5, 5.41) is 0. The van der Waals surface area contributed by atoms with Crippen LogP contribution in [-0.2, 0) is 18.0 Å². The molecule has 5 heteroatoms. The number of ether oxygens (including phenoxy) is 1. The molecule has 3 aromatic rings. The number of hydrogen-bond donors (Lipinski definition) is 0. The van der Waals surface area contributed by atoms with Gasteiger partial charge >= 0.3 is 0 Å². The van der Waals surface area contributed by atoms with Gasteiger partial charge in [-0.05, 0) is 24.1 Å². The summed E-state index contributed by atoms with van der Waals surface area (Å²) >= 11 is 0. The molecule has 0 atom stereocenters. The normalized spacial score (nSPS) is 14.8. The Bertz CT molecular complexity index is 830. The molecule has 0 N–H and O–H groups in total. The van der Waals surface area contributed by atoms with Crippen molar-refractivity contribution in [2.75, 3.05) is 31.8 Å². The molecular weight excluding hydrogens is 312 g/mol. The predicted octanol–water partition coefficient (Wildman–Crippen LogP) is 3.31. The smallest absolute Gasteiger partial charge is 0.209 e. The van der Waals surface area contributed by atoms with Crippen LogP contribution in [0.1, 0.15) is 12.0 Å². The molecule has 2 aromatic carbocycles. The molecule has 1 aliphatic rings. The monoisotopic (exact) mass is 336 g/mol. The van der Waals surface area contributed by atoms with Crippen LogP contribution in [0.5, 0.6) is 0 Å². The highest BCUT2D eigenvalue weighted by Crippen LogP contribution is 2.28. The minimum atomic E-state index is 0.798. The molecule has 0 spiro atoms. The highest BCUT2D eigenvalue weighted by Gasteiger charge is 2.25. The standard InChI is InChI=1S/C20H24N4O/c1-25-13-7-12-22-15-23(14-17-8-3-2-4-9-17)20-21-18-10-5-6-11-19(18)24(20)16-22/h2-6,8-11H,7,12-16H2,1H3. The molecule has 1 aromatic heterocycles. The van der Waals surface area contributed by atoms with Gasteiger partial charge in [0.15, 0.2) is 0 Å². The summed E-state index contributed by atoms with van der Waals surface area (Å²) in [6.45, 7) is 4.45. The molecule has 25 heavy (non-hydrogen) atoms. The van der Waals surface area contributed by atoms with Crippen LogP contribution in [0.25, 0.3) is 11.0 Å². The zero-order valence-corrected chi connectivity index (χ0v) is 14.6. The van der Waals surface area contributed by atoms with Gasteiger partial charge in [-0.3, -0.25) is 9.47 Å². The van der Waals surface area contributed by atoms with E-state index >= 15 is 0 Å². The quantitative estimate of drug-likeness (QED) is 0.647. The zero-order valence-electron chi connectivity index (χ0n) is 14.6. The average molecular weight is 336 g/mol. The Kier molecular flexibility index (Phi) is 4.68. The number of methoxy groups -OCH3 is 1. The van der Waals surface area contributed by atoms with Crippen molar-refractivity contribution in [3.8, 4) is 0 Å². The van der Waals surface area contributed by atoms with Crippen LogP contribution >= 0.6 is 0 Å². The molecule has 0 radical (unpaired) electrons. The fourth-order valence-corrected chi connectivity index (χ4v) is 3.49. The van der Waals surface area contributed by atoms with E-state index in [1.54, 1.807) is 7.11 Å². The second-order valence-corrected chi connectivity index (χ2v) is 6.54. The van der Waals surface area contributed by atoms with E-state index in [-0.39, 0.29) is 0 Å². The largest absolute Gasteiger partial charge is 0.385 e. The molecule has 1 aliphatic heterocycles. The van der Waals surface area contributed by atoms with E-state index in [2.05, 4.69) is 69.0 Å². The van der Waals surface area contributed by atoms with Crippen molar-refractivity contribution < 1.29 is 4.74 Å². The van der Waals surface area contributed by atoms with Crippen LogP contribution < -0.4 is 4.90 Å². The molecule has 0 saturated carbocycles. The van der Waals surface area contributed by atoms with Gasteiger partial charge in [0.1, 0.15) is 0 Å². The molecule has 130 valence electrons. The van der Waals surface area contributed by atoms with Crippen LogP contribution in [0.2, 0.25) is 0 Å². The molecule has 0 unspecified atom stereocenters. The Morgan fingerprint density at radius 3 is 2.64 bits per heavy atom. The summed E-state index contributed by atoms with van der Waals surface area (Å²) in [6.07, 6.45) is 1.04. The number of benzene rings is 2. The van der Waals surface area contributed by atoms with Crippen molar-refractivity contribution in [3.05, 3.63) is 60.2 Å². The molecule has 5 nitrogen and oxygen atoms in total. The lowest BCUT2D eigenvalue weighted by Crippen LogP contribution is -2.45. The van der Waals surface area contributed by atoms with Crippen molar-refractivity contribution in [3.63, 3.8) is 0 Å². The first-order valence-electron chi connectivity index (χ1n) is 8.80. The van der Waals surface area contributed by atoms with Gasteiger partial charge in [0.25, 0.3) is 0 Å². The van der Waals surface area contributed by atoms with E-state index in [1.165, 1.54) is 11.1 Å². The SMILES string of the molecule is COCCCN1CN(Cc2ccccc2)c2nc3ccccc3n2C1. The maximum atomic E-state index is 5.22. The summed E-state index contributed by atoms with van der Waals surface area (Å²) in [6, 6.07) is 19.0. The number of rotatable bonds is 6. The second kappa shape index (κ2) is 7.25. The first-order valence-corrected chi connectivity index (χ1v) is 8.80. The molecule has 2 heterocycles. The first-order chi connectivity index (χ1) is 12.3. The maximum absolute atomic E-state index is 5.22. The molecule has 4 rings (SSSR count). The summed E-state index contributed by atoms with van der Waals surface area (Å²) in [4.78, 5) is 9.73. The Morgan fingerprint density at radius 2 is 1.80 bits per heavy atom. The van der Waals surface area contributed by atoms with Crippen LogP contribution in [-0.4, -0.2) is 41.4 Å². The van der Waals surface area contributed by atoms with Crippen molar-refractivity contribution in [2.45, 2.75) is 19.6 Å². The molecule has 0 bridgehead atoms. The van der Waals surface area contributed by atoms with Crippen LogP contribution in [0.3, 0.4) is 0 Å². The topological polar surface area (TPSA) is 33.5 Å². The van der Waals surface area contributed by atoms with Gasteiger partial charge in [-0.25, -0.2) is 4.98 Å². The Morgan fingerprint density at radius 1 is 1.00 bits per heavy atom. The highest BCUT2D eigenvalue weighted by molar-refractivity contribution is 5.79. The number of para-hydroxylation sites is 2. The number of hydrogen-bond acceptors (Lipinski definition) is 4. The van der Waals surface area contributed by atoms with Gasteiger partial charge in [-0.2, -0.15) is 0 Å². The minimum absolute atomic E-state index is 0.798. The molecule has 0 fully saturated rings. The first kappa shape index (κ1) is 16.1. The minimum Gasteiger partial charge on any atom is -0.385 e. The average Bonchev–Trinajstić information content (AvgIpc) is 3.02. The summed E-state index contributed by atoms with van der Waals surface area (Å²) in [5.41, 5.74) is 3.57. The number of aromatic nitrogens is 2. The lowest BCUT2D eigenvalue weighted by Gasteiger charge is -2.37. The lowest BCUT2D eigenvalue weighted by molar-refractivity contribution is 0.149. The van der Waals surface area contributed by atoms with Gasteiger partial charge in [0.2, 0.25) is 5.95 Å². The number of nitrogens with zero attached hydrogens (tertiary/aromatic N) is 4. The maximum Gasteiger partial charge on any atom is 0.209 e. The van der Waals surface area contributed by atoms with Gasteiger partial charge < -0.3 is 9.64 Å². The third-order valence-corrected chi connectivity index (χ3v) is 4.67. The van der Waals surface area contributed by atoms with Crippen molar-refractivity contribution in [1.82, 2.24) is 14.5 Å². The summed E-state index contributed by atoms with van der Waals surface area (Å²) < 4.78 is 7.55. The fourth-order valence-electron chi connectivity index (χ4n) is 3.49. The van der Waals surface area contributed by atoms with Gasteiger partial charge in [0.05, 0.1) is 24.4 Å².